The zero-order chi connectivity index (χ0) is 9.42. The first kappa shape index (κ1) is 9.27. The minimum absolute atomic E-state index is 0.369. The van der Waals surface area contributed by atoms with Gasteiger partial charge in [-0.3, -0.25) is 0 Å². The number of benzene rings is 1. The highest BCUT2D eigenvalue weighted by Crippen LogP contribution is 2.34. The molecule has 0 bridgehead atoms. The first-order chi connectivity index (χ1) is 6.18. The Hall–Kier alpha value is -0.290. The van der Waals surface area contributed by atoms with Gasteiger partial charge in [-0.15, -0.1) is 0 Å². The van der Waals surface area contributed by atoms with Crippen molar-refractivity contribution in [2.45, 2.75) is 19.4 Å². The minimum Gasteiger partial charge on any atom is -0.506 e. The average Bonchev–Trinajstić information content (AvgIpc) is 1.95. The monoisotopic (exact) mass is 289 g/mol. The molecule has 1 fully saturated rings. The van der Waals surface area contributed by atoms with E-state index in [1.807, 2.05) is 6.07 Å². The fourth-order valence-corrected chi connectivity index (χ4v) is 2.38. The van der Waals surface area contributed by atoms with Crippen LogP contribution in [0.5, 0.6) is 5.75 Å². The molecule has 0 saturated carbocycles. The maximum atomic E-state index is 9.81. The summed E-state index contributed by atoms with van der Waals surface area (Å²) in [5.74, 6) is 0.448. The zero-order valence-electron chi connectivity index (χ0n) is 7.47. The summed E-state index contributed by atoms with van der Waals surface area (Å²) in [6, 6.07) is 4.43. The molecule has 1 saturated heterocycles. The Morgan fingerprint density at radius 1 is 1.54 bits per heavy atom. The number of hydrogen-bond acceptors (Lipinski definition) is 2. The smallest absolute Gasteiger partial charge is 0.133 e. The van der Waals surface area contributed by atoms with Gasteiger partial charge in [-0.1, -0.05) is 6.07 Å². The van der Waals surface area contributed by atoms with Crippen LogP contribution in [-0.4, -0.2) is 11.7 Å². The quantitative estimate of drug-likeness (QED) is 0.778. The molecule has 0 radical (unpaired) electrons. The number of halogens is 1. The highest BCUT2D eigenvalue weighted by Gasteiger charge is 2.22. The number of hydrogen-bond donors (Lipinski definition) is 2. The van der Waals surface area contributed by atoms with Crippen molar-refractivity contribution in [2.24, 2.45) is 0 Å². The molecule has 0 spiro atoms. The first-order valence-electron chi connectivity index (χ1n) is 4.41. The Morgan fingerprint density at radius 3 is 2.77 bits per heavy atom. The van der Waals surface area contributed by atoms with Crippen LogP contribution in [0.4, 0.5) is 0 Å². The normalized spacial score (nSPS) is 21.2. The minimum atomic E-state index is 0.369. The van der Waals surface area contributed by atoms with E-state index in [1.54, 1.807) is 0 Å². The van der Waals surface area contributed by atoms with E-state index in [9.17, 15) is 5.11 Å². The molecule has 0 aromatic heterocycles. The molecule has 2 nitrogen and oxygen atoms in total. The molecule has 2 rings (SSSR count). The van der Waals surface area contributed by atoms with Gasteiger partial charge in [0.2, 0.25) is 0 Å². The van der Waals surface area contributed by atoms with E-state index in [2.05, 4.69) is 40.9 Å². The third-order valence-electron chi connectivity index (χ3n) is 2.44. The summed E-state index contributed by atoms with van der Waals surface area (Å²) >= 11 is 2.17. The van der Waals surface area contributed by atoms with E-state index in [-0.39, 0.29) is 0 Å². The van der Waals surface area contributed by atoms with E-state index in [0.717, 1.165) is 22.1 Å². The van der Waals surface area contributed by atoms with Crippen LogP contribution in [0.15, 0.2) is 12.1 Å². The lowest BCUT2D eigenvalue weighted by Crippen LogP contribution is -2.35. The van der Waals surface area contributed by atoms with E-state index >= 15 is 0 Å². The summed E-state index contributed by atoms with van der Waals surface area (Å²) in [5, 5.41) is 13.1. The van der Waals surface area contributed by atoms with E-state index in [0.29, 0.717) is 11.8 Å². The predicted molar refractivity (Wildman–Crippen MR) is 60.9 cm³/mol. The summed E-state index contributed by atoms with van der Waals surface area (Å²) in [6.45, 7) is 3.12. The summed E-state index contributed by atoms with van der Waals surface area (Å²) < 4.78 is 0.946. The second-order valence-corrected chi connectivity index (χ2v) is 4.64. The van der Waals surface area contributed by atoms with Gasteiger partial charge in [0.05, 0.1) is 3.57 Å². The fraction of sp³-hybridized carbons (Fsp3) is 0.400. The van der Waals surface area contributed by atoms with Gasteiger partial charge in [-0.25, -0.2) is 0 Å². The van der Waals surface area contributed by atoms with Crippen molar-refractivity contribution in [3.05, 3.63) is 26.8 Å². The zero-order valence-corrected chi connectivity index (χ0v) is 9.63. The SMILES string of the molecule is Cc1cc(I)c(O)c([C@@H]2CCN2)c1. The van der Waals surface area contributed by atoms with Gasteiger partial charge in [-0.2, -0.15) is 0 Å². The molecule has 0 aliphatic carbocycles. The maximum absolute atomic E-state index is 9.81. The van der Waals surface area contributed by atoms with Crippen LogP contribution in [0.2, 0.25) is 0 Å². The largest absolute Gasteiger partial charge is 0.506 e. The molecule has 0 unspecified atom stereocenters. The molecular formula is C10H12INO. The number of rotatable bonds is 1. The Balaban J connectivity index is 2.42. The Labute approximate surface area is 91.5 Å². The van der Waals surface area contributed by atoms with Gasteiger partial charge in [0.25, 0.3) is 0 Å². The lowest BCUT2D eigenvalue weighted by atomic mass is 9.96. The first-order valence-corrected chi connectivity index (χ1v) is 5.49. The van der Waals surface area contributed by atoms with Crippen LogP contribution >= 0.6 is 22.6 Å². The molecule has 0 amide bonds. The van der Waals surface area contributed by atoms with E-state index in [1.165, 1.54) is 5.56 Å². The van der Waals surface area contributed by atoms with Crippen LogP contribution in [0.1, 0.15) is 23.6 Å². The maximum Gasteiger partial charge on any atom is 0.133 e. The molecular weight excluding hydrogens is 277 g/mol. The summed E-state index contributed by atoms with van der Waals surface area (Å²) in [4.78, 5) is 0. The molecule has 13 heavy (non-hydrogen) atoms. The lowest BCUT2D eigenvalue weighted by Gasteiger charge is -2.29. The van der Waals surface area contributed by atoms with Gasteiger partial charge in [0, 0.05) is 11.6 Å². The second kappa shape index (κ2) is 3.46. The number of aryl methyl sites for hydroxylation is 1. The summed E-state index contributed by atoms with van der Waals surface area (Å²) in [7, 11) is 0. The van der Waals surface area contributed by atoms with Crippen LogP contribution in [0, 0.1) is 10.5 Å². The van der Waals surface area contributed by atoms with Crippen LogP contribution in [0.25, 0.3) is 0 Å². The van der Waals surface area contributed by atoms with Crippen molar-refractivity contribution in [3.8, 4) is 5.75 Å². The molecule has 1 aromatic rings. The average molecular weight is 289 g/mol. The van der Waals surface area contributed by atoms with E-state index in [4.69, 9.17) is 0 Å². The van der Waals surface area contributed by atoms with Gasteiger partial charge >= 0.3 is 0 Å². The van der Waals surface area contributed by atoms with Gasteiger partial charge in [0.1, 0.15) is 5.75 Å². The Morgan fingerprint density at radius 2 is 2.23 bits per heavy atom. The third kappa shape index (κ3) is 1.67. The fourth-order valence-electron chi connectivity index (χ4n) is 1.58. The number of nitrogens with one attached hydrogen (secondary N) is 1. The topological polar surface area (TPSA) is 32.3 Å². The lowest BCUT2D eigenvalue weighted by molar-refractivity contribution is 0.363. The number of phenols is 1. The Bertz CT molecular complexity index is 334. The van der Waals surface area contributed by atoms with Crippen LogP contribution in [-0.2, 0) is 0 Å². The van der Waals surface area contributed by atoms with Crippen molar-refractivity contribution in [3.63, 3.8) is 0 Å². The Kier molecular flexibility index (Phi) is 2.47. The molecule has 1 aromatic carbocycles. The van der Waals surface area contributed by atoms with Crippen LogP contribution < -0.4 is 5.32 Å². The van der Waals surface area contributed by atoms with Gasteiger partial charge in [-0.05, 0) is 54.1 Å². The summed E-state index contributed by atoms with van der Waals surface area (Å²) in [6.07, 6.45) is 1.13. The number of phenolic OH excluding ortho intramolecular Hbond substituents is 1. The van der Waals surface area contributed by atoms with Crippen molar-refractivity contribution in [2.75, 3.05) is 6.54 Å². The molecule has 3 heteroatoms. The summed E-state index contributed by atoms with van der Waals surface area (Å²) in [5.41, 5.74) is 2.27. The molecule has 70 valence electrons. The van der Waals surface area contributed by atoms with Crippen molar-refractivity contribution in [1.82, 2.24) is 5.32 Å². The highest BCUT2D eigenvalue weighted by atomic mass is 127. The van der Waals surface area contributed by atoms with Crippen molar-refractivity contribution >= 4 is 22.6 Å². The second-order valence-electron chi connectivity index (χ2n) is 3.48. The van der Waals surface area contributed by atoms with Crippen LogP contribution in [0.3, 0.4) is 0 Å². The third-order valence-corrected chi connectivity index (χ3v) is 3.26. The molecule has 1 heterocycles. The highest BCUT2D eigenvalue weighted by molar-refractivity contribution is 14.1. The molecule has 1 aliphatic rings. The van der Waals surface area contributed by atoms with Crippen molar-refractivity contribution in [1.29, 1.82) is 0 Å². The predicted octanol–water partition coefficient (Wildman–Crippen LogP) is 2.34. The number of aromatic hydroxyl groups is 1. The van der Waals surface area contributed by atoms with E-state index < -0.39 is 0 Å². The van der Waals surface area contributed by atoms with Crippen molar-refractivity contribution < 1.29 is 5.11 Å². The van der Waals surface area contributed by atoms with Gasteiger partial charge < -0.3 is 10.4 Å². The molecule has 2 N–H and O–H groups in total. The molecule has 1 aliphatic heterocycles. The standard InChI is InChI=1S/C10H12INO/c1-6-4-7(9-2-3-12-9)10(13)8(11)5-6/h4-5,9,12-13H,2-3H2,1H3/t9-/m0/s1. The van der Waals surface area contributed by atoms with Gasteiger partial charge in [0.15, 0.2) is 0 Å². The molecule has 1 atom stereocenters.